The molecular weight excluding hydrogens is 308 g/mol. The van der Waals surface area contributed by atoms with Crippen molar-refractivity contribution in [1.29, 1.82) is 0 Å². The molecule has 7 nitrogen and oxygen atoms in total. The molecule has 1 saturated heterocycles. The second kappa shape index (κ2) is 6.90. The predicted molar refractivity (Wildman–Crippen MR) is 87.9 cm³/mol. The van der Waals surface area contributed by atoms with Gasteiger partial charge in [-0.15, -0.1) is 0 Å². The van der Waals surface area contributed by atoms with E-state index in [1.165, 1.54) is 12.3 Å². The van der Waals surface area contributed by atoms with Crippen LogP contribution in [-0.2, 0) is 9.59 Å². The number of nitrogens with zero attached hydrogens (tertiary/aromatic N) is 4. The summed E-state index contributed by atoms with van der Waals surface area (Å²) in [4.78, 5) is 37.5. The van der Waals surface area contributed by atoms with Crippen molar-refractivity contribution in [3.05, 3.63) is 29.7 Å². The van der Waals surface area contributed by atoms with Gasteiger partial charge in [0.2, 0.25) is 11.8 Å². The van der Waals surface area contributed by atoms with Gasteiger partial charge in [0, 0.05) is 50.0 Å². The number of likely N-dealkylation sites (tertiary alicyclic amines) is 1. The average molecular weight is 328 g/mol. The minimum Gasteiger partial charge on any atom is -0.474 e. The zero-order valence-corrected chi connectivity index (χ0v) is 13.8. The predicted octanol–water partition coefficient (Wildman–Crippen LogP) is 1.25. The van der Waals surface area contributed by atoms with E-state index in [-0.39, 0.29) is 17.9 Å². The standard InChI is InChI=1S/C17H20N4O3/c1-11-9-16(20-12(2)19-11)24-14-5-7-21(8-6-14)17(23)13-3-4-15(22)18-10-13/h3-4,9-10,13-14H,5-8H2,1-2H3. The average Bonchev–Trinajstić information content (AvgIpc) is 2.55. The molecule has 0 radical (unpaired) electrons. The zero-order chi connectivity index (χ0) is 17.1. The van der Waals surface area contributed by atoms with Gasteiger partial charge in [-0.1, -0.05) is 6.08 Å². The van der Waals surface area contributed by atoms with Gasteiger partial charge in [0.1, 0.15) is 11.9 Å². The van der Waals surface area contributed by atoms with Crippen LogP contribution in [0.15, 0.2) is 23.2 Å². The molecule has 0 aliphatic carbocycles. The Balaban J connectivity index is 1.54. The largest absolute Gasteiger partial charge is 0.474 e. The fourth-order valence-electron chi connectivity index (χ4n) is 2.90. The number of hydrogen-bond acceptors (Lipinski definition) is 5. The third kappa shape index (κ3) is 3.84. The summed E-state index contributed by atoms with van der Waals surface area (Å²) < 4.78 is 5.93. The Morgan fingerprint density at radius 1 is 1.25 bits per heavy atom. The molecule has 0 saturated carbocycles. The summed E-state index contributed by atoms with van der Waals surface area (Å²) in [6.07, 6.45) is 5.91. The minimum atomic E-state index is -0.438. The summed E-state index contributed by atoms with van der Waals surface area (Å²) in [5.41, 5.74) is 0.878. The summed E-state index contributed by atoms with van der Waals surface area (Å²) in [5, 5.41) is 0. The lowest BCUT2D eigenvalue weighted by Gasteiger charge is -2.33. The Morgan fingerprint density at radius 2 is 2.00 bits per heavy atom. The maximum atomic E-state index is 12.4. The van der Waals surface area contributed by atoms with Crippen LogP contribution in [-0.4, -0.2) is 52.1 Å². The van der Waals surface area contributed by atoms with Crippen LogP contribution in [0.3, 0.4) is 0 Å². The molecule has 7 heteroatoms. The number of carbonyl (C=O) groups excluding carboxylic acids is 2. The lowest BCUT2D eigenvalue weighted by molar-refractivity contribution is -0.133. The first-order valence-electron chi connectivity index (χ1n) is 8.05. The van der Waals surface area contributed by atoms with Crippen LogP contribution in [0.25, 0.3) is 0 Å². The van der Waals surface area contributed by atoms with Crippen LogP contribution >= 0.6 is 0 Å². The fourth-order valence-corrected chi connectivity index (χ4v) is 2.90. The summed E-state index contributed by atoms with van der Waals surface area (Å²) in [5.74, 6) is 0.504. The molecule has 3 rings (SSSR count). The number of amides is 2. The molecule has 1 aromatic rings. The highest BCUT2D eigenvalue weighted by Crippen LogP contribution is 2.19. The molecule has 1 atom stereocenters. The van der Waals surface area contributed by atoms with Gasteiger partial charge in [0.25, 0.3) is 5.91 Å². The quantitative estimate of drug-likeness (QED) is 0.833. The molecule has 0 spiro atoms. The third-order valence-corrected chi connectivity index (χ3v) is 4.08. The number of carbonyl (C=O) groups is 2. The van der Waals surface area contributed by atoms with Crippen LogP contribution in [0.2, 0.25) is 0 Å². The lowest BCUT2D eigenvalue weighted by atomic mass is 10.0. The van der Waals surface area contributed by atoms with Crippen LogP contribution < -0.4 is 4.74 Å². The molecule has 2 amide bonds. The minimum absolute atomic E-state index is 0.0188. The topological polar surface area (TPSA) is 84.8 Å². The van der Waals surface area contributed by atoms with Crippen LogP contribution in [0.5, 0.6) is 5.88 Å². The molecule has 0 bridgehead atoms. The molecule has 3 heterocycles. The SMILES string of the molecule is Cc1cc(OC2CCN(C(=O)C3C=CC(=O)N=C3)CC2)nc(C)n1. The smallest absolute Gasteiger partial charge is 0.269 e. The van der Waals surface area contributed by atoms with Gasteiger partial charge >= 0.3 is 0 Å². The van der Waals surface area contributed by atoms with E-state index in [0.29, 0.717) is 24.8 Å². The van der Waals surface area contributed by atoms with Gasteiger partial charge in [-0.3, -0.25) is 9.59 Å². The number of ether oxygens (including phenoxy) is 1. The molecule has 0 aromatic carbocycles. The highest BCUT2D eigenvalue weighted by Gasteiger charge is 2.28. The Labute approximate surface area is 140 Å². The zero-order valence-electron chi connectivity index (χ0n) is 13.8. The molecule has 1 unspecified atom stereocenters. The van der Waals surface area contributed by atoms with Crippen molar-refractivity contribution in [3.8, 4) is 5.88 Å². The summed E-state index contributed by atoms with van der Waals surface area (Å²) in [6, 6.07) is 1.82. The monoisotopic (exact) mass is 328 g/mol. The van der Waals surface area contributed by atoms with Crippen molar-refractivity contribution in [3.63, 3.8) is 0 Å². The summed E-state index contributed by atoms with van der Waals surface area (Å²) in [6.45, 7) is 5.00. The Morgan fingerprint density at radius 3 is 2.62 bits per heavy atom. The first-order valence-corrected chi connectivity index (χ1v) is 8.05. The van der Waals surface area contributed by atoms with E-state index in [4.69, 9.17) is 4.74 Å². The lowest BCUT2D eigenvalue weighted by Crippen LogP contribution is -2.44. The molecular formula is C17H20N4O3. The second-order valence-corrected chi connectivity index (χ2v) is 6.04. The summed E-state index contributed by atoms with van der Waals surface area (Å²) >= 11 is 0. The van der Waals surface area contributed by atoms with E-state index in [9.17, 15) is 9.59 Å². The number of hydrogen-bond donors (Lipinski definition) is 0. The molecule has 0 N–H and O–H groups in total. The maximum absolute atomic E-state index is 12.4. The van der Waals surface area contributed by atoms with Crippen molar-refractivity contribution in [2.45, 2.75) is 32.8 Å². The van der Waals surface area contributed by atoms with E-state index in [1.807, 2.05) is 19.9 Å². The van der Waals surface area contributed by atoms with E-state index >= 15 is 0 Å². The van der Waals surface area contributed by atoms with Crippen molar-refractivity contribution >= 4 is 18.0 Å². The van der Waals surface area contributed by atoms with Crippen LogP contribution in [0.1, 0.15) is 24.4 Å². The highest BCUT2D eigenvalue weighted by atomic mass is 16.5. The van der Waals surface area contributed by atoms with Crippen LogP contribution in [0, 0.1) is 19.8 Å². The van der Waals surface area contributed by atoms with Gasteiger partial charge < -0.3 is 9.64 Å². The number of piperidine rings is 1. The van der Waals surface area contributed by atoms with Crippen molar-refractivity contribution in [2.24, 2.45) is 10.9 Å². The number of aliphatic imine (C=N–C) groups is 1. The fraction of sp³-hybridized carbons (Fsp3) is 0.471. The van der Waals surface area contributed by atoms with Crippen molar-refractivity contribution < 1.29 is 14.3 Å². The molecule has 126 valence electrons. The maximum Gasteiger partial charge on any atom is 0.269 e. The van der Waals surface area contributed by atoms with Crippen molar-refractivity contribution in [1.82, 2.24) is 14.9 Å². The molecule has 24 heavy (non-hydrogen) atoms. The second-order valence-electron chi connectivity index (χ2n) is 6.04. The Bertz CT molecular complexity index is 670. The van der Waals surface area contributed by atoms with Gasteiger partial charge in [-0.25, -0.2) is 9.98 Å². The molecule has 2 aliphatic rings. The van der Waals surface area contributed by atoms with Gasteiger partial charge in [-0.05, 0) is 13.8 Å². The normalized spacial score (nSPS) is 21.2. The van der Waals surface area contributed by atoms with E-state index in [2.05, 4.69) is 15.0 Å². The molecule has 2 aliphatic heterocycles. The van der Waals surface area contributed by atoms with E-state index in [1.54, 1.807) is 11.0 Å². The Kier molecular flexibility index (Phi) is 4.69. The Hall–Kier alpha value is -2.57. The highest BCUT2D eigenvalue weighted by molar-refractivity contribution is 6.05. The number of dihydropyridines is 1. The molecule has 1 fully saturated rings. The van der Waals surface area contributed by atoms with Gasteiger partial charge in [0.15, 0.2) is 0 Å². The van der Waals surface area contributed by atoms with Gasteiger partial charge in [0.05, 0.1) is 5.92 Å². The van der Waals surface area contributed by atoms with Crippen molar-refractivity contribution in [2.75, 3.05) is 13.1 Å². The van der Waals surface area contributed by atoms with Gasteiger partial charge in [-0.2, -0.15) is 4.98 Å². The first kappa shape index (κ1) is 16.3. The summed E-state index contributed by atoms with van der Waals surface area (Å²) in [7, 11) is 0. The first-order chi connectivity index (χ1) is 11.5. The molecule has 1 aromatic heterocycles. The number of rotatable bonds is 3. The third-order valence-electron chi connectivity index (χ3n) is 4.08. The van der Waals surface area contributed by atoms with E-state index < -0.39 is 5.92 Å². The number of aryl methyl sites for hydroxylation is 2. The van der Waals surface area contributed by atoms with E-state index in [0.717, 1.165) is 18.5 Å². The van der Waals surface area contributed by atoms with Crippen LogP contribution in [0.4, 0.5) is 0 Å². The number of aromatic nitrogens is 2.